The van der Waals surface area contributed by atoms with Gasteiger partial charge in [0.2, 0.25) is 0 Å². The van der Waals surface area contributed by atoms with Crippen molar-refractivity contribution < 1.29 is 0 Å². The molecular formula is C9H19NS. The van der Waals surface area contributed by atoms with E-state index in [4.69, 9.17) is 5.73 Å². The van der Waals surface area contributed by atoms with Crippen molar-refractivity contribution in [3.8, 4) is 0 Å². The molecule has 1 saturated heterocycles. The van der Waals surface area contributed by atoms with E-state index in [1.54, 1.807) is 0 Å². The molecule has 1 rings (SSSR count). The molecule has 0 saturated carbocycles. The zero-order valence-electron chi connectivity index (χ0n) is 7.55. The van der Waals surface area contributed by atoms with Gasteiger partial charge in [-0.2, -0.15) is 11.8 Å². The Labute approximate surface area is 74.1 Å². The molecule has 1 aliphatic rings. The van der Waals surface area contributed by atoms with Crippen LogP contribution in [0.1, 0.15) is 20.3 Å². The summed E-state index contributed by atoms with van der Waals surface area (Å²) in [5.41, 5.74) is 5.66. The van der Waals surface area contributed by atoms with Crippen LogP contribution in [0.2, 0.25) is 0 Å². The Morgan fingerprint density at radius 1 is 1.64 bits per heavy atom. The number of thioether (sulfide) groups is 1. The van der Waals surface area contributed by atoms with Crippen LogP contribution in [0.15, 0.2) is 0 Å². The third kappa shape index (κ3) is 2.38. The fourth-order valence-electron chi connectivity index (χ4n) is 1.92. The van der Waals surface area contributed by atoms with Gasteiger partial charge >= 0.3 is 0 Å². The van der Waals surface area contributed by atoms with Gasteiger partial charge in [-0.1, -0.05) is 13.8 Å². The monoisotopic (exact) mass is 173 g/mol. The zero-order chi connectivity index (χ0) is 8.27. The van der Waals surface area contributed by atoms with E-state index in [0.29, 0.717) is 0 Å². The second-order valence-electron chi connectivity index (χ2n) is 3.72. The Balaban J connectivity index is 2.40. The minimum atomic E-state index is 0.728. The van der Waals surface area contributed by atoms with E-state index < -0.39 is 0 Å². The molecule has 11 heavy (non-hydrogen) atoms. The third-order valence-electron chi connectivity index (χ3n) is 2.81. The summed E-state index contributed by atoms with van der Waals surface area (Å²) in [4.78, 5) is 0. The van der Waals surface area contributed by atoms with Crippen molar-refractivity contribution in [2.75, 3.05) is 18.1 Å². The van der Waals surface area contributed by atoms with E-state index >= 15 is 0 Å². The van der Waals surface area contributed by atoms with Crippen molar-refractivity contribution in [1.82, 2.24) is 0 Å². The number of hydrogen-bond acceptors (Lipinski definition) is 2. The van der Waals surface area contributed by atoms with Gasteiger partial charge in [-0.3, -0.25) is 0 Å². The van der Waals surface area contributed by atoms with Crippen LogP contribution in [0.4, 0.5) is 0 Å². The lowest BCUT2D eigenvalue weighted by Gasteiger charge is -2.32. The molecule has 0 spiro atoms. The first kappa shape index (κ1) is 9.40. The molecule has 0 radical (unpaired) electrons. The molecule has 66 valence electrons. The first-order valence-corrected chi connectivity index (χ1v) is 5.69. The Hall–Kier alpha value is 0.310. The summed E-state index contributed by atoms with van der Waals surface area (Å²) in [5.74, 6) is 5.19. The van der Waals surface area contributed by atoms with Gasteiger partial charge in [-0.25, -0.2) is 0 Å². The lowest BCUT2D eigenvalue weighted by Crippen LogP contribution is -2.30. The lowest BCUT2D eigenvalue weighted by atomic mass is 9.82. The first-order chi connectivity index (χ1) is 5.25. The van der Waals surface area contributed by atoms with Crippen molar-refractivity contribution in [2.24, 2.45) is 23.5 Å². The minimum absolute atomic E-state index is 0.728. The van der Waals surface area contributed by atoms with E-state index in [1.807, 2.05) is 0 Å². The van der Waals surface area contributed by atoms with Crippen molar-refractivity contribution in [2.45, 2.75) is 20.3 Å². The molecule has 0 aromatic rings. The predicted molar refractivity (Wildman–Crippen MR) is 52.8 cm³/mol. The third-order valence-corrected chi connectivity index (χ3v) is 4.10. The SMILES string of the molecule is CC(CN)C1CCSCC1C. The van der Waals surface area contributed by atoms with Gasteiger partial charge in [0.1, 0.15) is 0 Å². The van der Waals surface area contributed by atoms with Crippen LogP contribution in [-0.2, 0) is 0 Å². The molecule has 2 N–H and O–H groups in total. The second-order valence-corrected chi connectivity index (χ2v) is 4.87. The predicted octanol–water partition coefficient (Wildman–Crippen LogP) is 1.97. The molecule has 0 aromatic carbocycles. The maximum Gasteiger partial charge on any atom is -0.00390 e. The van der Waals surface area contributed by atoms with Crippen molar-refractivity contribution >= 4 is 11.8 Å². The van der Waals surface area contributed by atoms with Gasteiger partial charge in [0.05, 0.1) is 0 Å². The quantitative estimate of drug-likeness (QED) is 0.691. The van der Waals surface area contributed by atoms with E-state index in [9.17, 15) is 0 Å². The summed E-state index contributed by atoms with van der Waals surface area (Å²) >= 11 is 2.09. The van der Waals surface area contributed by atoms with Gasteiger partial charge in [-0.05, 0) is 42.2 Å². The summed E-state index contributed by atoms with van der Waals surface area (Å²) in [7, 11) is 0. The maximum absolute atomic E-state index is 5.66. The molecule has 0 aliphatic carbocycles. The van der Waals surface area contributed by atoms with Crippen LogP contribution >= 0.6 is 11.8 Å². The number of nitrogens with two attached hydrogens (primary N) is 1. The molecule has 0 aromatic heterocycles. The first-order valence-electron chi connectivity index (χ1n) is 4.53. The summed E-state index contributed by atoms with van der Waals surface area (Å²) < 4.78 is 0. The second kappa shape index (κ2) is 4.36. The molecule has 0 bridgehead atoms. The summed E-state index contributed by atoms with van der Waals surface area (Å²) in [6.45, 7) is 5.51. The standard InChI is InChI=1S/C9H19NS/c1-7(5-10)9-3-4-11-6-8(9)2/h7-9H,3-6,10H2,1-2H3. The van der Waals surface area contributed by atoms with Crippen LogP contribution in [0.25, 0.3) is 0 Å². The lowest BCUT2D eigenvalue weighted by molar-refractivity contribution is 0.267. The molecule has 1 fully saturated rings. The van der Waals surface area contributed by atoms with Crippen LogP contribution < -0.4 is 5.73 Å². The van der Waals surface area contributed by atoms with E-state index in [2.05, 4.69) is 25.6 Å². The highest BCUT2D eigenvalue weighted by Crippen LogP contribution is 2.32. The van der Waals surface area contributed by atoms with Crippen LogP contribution in [-0.4, -0.2) is 18.1 Å². The minimum Gasteiger partial charge on any atom is -0.330 e. The fourth-order valence-corrected chi connectivity index (χ4v) is 3.14. The molecule has 0 amide bonds. The van der Waals surface area contributed by atoms with Crippen LogP contribution in [0, 0.1) is 17.8 Å². The maximum atomic E-state index is 5.66. The van der Waals surface area contributed by atoms with E-state index in [-0.39, 0.29) is 0 Å². The molecule has 3 atom stereocenters. The Morgan fingerprint density at radius 3 is 2.91 bits per heavy atom. The summed E-state index contributed by atoms with van der Waals surface area (Å²) in [6.07, 6.45) is 1.38. The van der Waals surface area contributed by atoms with E-state index in [1.165, 1.54) is 17.9 Å². The zero-order valence-corrected chi connectivity index (χ0v) is 8.36. The number of rotatable bonds is 2. The highest BCUT2D eigenvalue weighted by Gasteiger charge is 2.25. The highest BCUT2D eigenvalue weighted by atomic mass is 32.2. The Morgan fingerprint density at radius 2 is 2.36 bits per heavy atom. The summed E-state index contributed by atoms with van der Waals surface area (Å²) in [6, 6.07) is 0. The Bertz CT molecular complexity index is 112. The van der Waals surface area contributed by atoms with Crippen molar-refractivity contribution in [3.63, 3.8) is 0 Å². The topological polar surface area (TPSA) is 26.0 Å². The molecule has 1 aliphatic heterocycles. The molecule has 3 unspecified atom stereocenters. The number of hydrogen-bond donors (Lipinski definition) is 1. The van der Waals surface area contributed by atoms with Crippen molar-refractivity contribution in [3.05, 3.63) is 0 Å². The molecule has 2 heteroatoms. The molecule has 1 heterocycles. The van der Waals surface area contributed by atoms with Gasteiger partial charge in [0, 0.05) is 0 Å². The summed E-state index contributed by atoms with van der Waals surface area (Å²) in [5, 5.41) is 0. The van der Waals surface area contributed by atoms with Crippen LogP contribution in [0.3, 0.4) is 0 Å². The highest BCUT2D eigenvalue weighted by molar-refractivity contribution is 7.99. The van der Waals surface area contributed by atoms with Gasteiger partial charge in [0.25, 0.3) is 0 Å². The molecular weight excluding hydrogens is 154 g/mol. The van der Waals surface area contributed by atoms with E-state index in [0.717, 1.165) is 24.3 Å². The smallest absolute Gasteiger partial charge is 0.00390 e. The average molecular weight is 173 g/mol. The molecule has 1 nitrogen and oxygen atoms in total. The average Bonchev–Trinajstić information content (AvgIpc) is 2.04. The van der Waals surface area contributed by atoms with Crippen molar-refractivity contribution in [1.29, 1.82) is 0 Å². The van der Waals surface area contributed by atoms with Gasteiger partial charge < -0.3 is 5.73 Å². The van der Waals surface area contributed by atoms with Gasteiger partial charge in [-0.15, -0.1) is 0 Å². The van der Waals surface area contributed by atoms with Crippen LogP contribution in [0.5, 0.6) is 0 Å². The Kier molecular flexibility index (Phi) is 3.73. The largest absolute Gasteiger partial charge is 0.330 e. The fraction of sp³-hybridized carbons (Fsp3) is 1.00. The van der Waals surface area contributed by atoms with Gasteiger partial charge in [0.15, 0.2) is 0 Å². The normalized spacial score (nSPS) is 35.2.